The zero-order valence-electron chi connectivity index (χ0n) is 10.5. The van der Waals surface area contributed by atoms with Crippen molar-refractivity contribution in [3.8, 4) is 11.4 Å². The van der Waals surface area contributed by atoms with Crippen LogP contribution in [-0.2, 0) is 0 Å². The van der Waals surface area contributed by atoms with Crippen molar-refractivity contribution in [2.45, 2.75) is 6.92 Å². The van der Waals surface area contributed by atoms with E-state index in [1.54, 1.807) is 25.1 Å². The highest BCUT2D eigenvalue weighted by atomic mass is 19.1. The van der Waals surface area contributed by atoms with Gasteiger partial charge in [0, 0.05) is 6.20 Å². The lowest BCUT2D eigenvalue weighted by atomic mass is 10.1. The summed E-state index contributed by atoms with van der Waals surface area (Å²) in [6.07, 6.45) is 1.36. The van der Waals surface area contributed by atoms with Crippen molar-refractivity contribution in [2.75, 3.05) is 0 Å². The lowest BCUT2D eigenvalue weighted by Gasteiger charge is -2.01. The fourth-order valence-corrected chi connectivity index (χ4v) is 2.05. The molecule has 6 heteroatoms. The van der Waals surface area contributed by atoms with Crippen LogP contribution in [0.3, 0.4) is 0 Å². The molecule has 0 aliphatic carbocycles. The Hall–Kier alpha value is -2.76. The van der Waals surface area contributed by atoms with Gasteiger partial charge in [0.2, 0.25) is 0 Å². The van der Waals surface area contributed by atoms with Gasteiger partial charge in [-0.2, -0.15) is 0 Å². The number of carboxylic acid groups (broad SMARTS) is 1. The molecule has 0 atom stereocenters. The number of aryl methyl sites for hydroxylation is 1. The molecule has 0 amide bonds. The van der Waals surface area contributed by atoms with Gasteiger partial charge in [-0.05, 0) is 24.6 Å². The molecular weight excluding hydrogens is 261 g/mol. The molecule has 2 heterocycles. The molecule has 5 nitrogen and oxygen atoms in total. The van der Waals surface area contributed by atoms with Crippen LogP contribution in [0.5, 0.6) is 0 Å². The zero-order valence-corrected chi connectivity index (χ0v) is 10.5. The monoisotopic (exact) mass is 271 g/mol. The minimum Gasteiger partial charge on any atom is -0.478 e. The number of imidazole rings is 1. The van der Waals surface area contributed by atoms with E-state index in [1.807, 2.05) is 0 Å². The maximum absolute atomic E-state index is 14.1. The van der Waals surface area contributed by atoms with Crippen molar-refractivity contribution >= 4 is 17.1 Å². The summed E-state index contributed by atoms with van der Waals surface area (Å²) in [6, 6.07) is 6.33. The fraction of sp³-hybridized carbons (Fsp3) is 0.0714. The van der Waals surface area contributed by atoms with Crippen molar-refractivity contribution in [3.05, 3.63) is 47.4 Å². The number of carbonyl (C=O) groups is 1. The van der Waals surface area contributed by atoms with Gasteiger partial charge >= 0.3 is 5.97 Å². The molecule has 0 aliphatic rings. The van der Waals surface area contributed by atoms with E-state index in [0.717, 1.165) is 0 Å². The summed E-state index contributed by atoms with van der Waals surface area (Å²) in [7, 11) is 0. The minimum absolute atomic E-state index is 0.0572. The highest BCUT2D eigenvalue weighted by molar-refractivity contribution is 6.00. The maximum atomic E-state index is 14.1. The van der Waals surface area contributed by atoms with Gasteiger partial charge in [-0.3, -0.25) is 0 Å². The van der Waals surface area contributed by atoms with Crippen molar-refractivity contribution in [2.24, 2.45) is 0 Å². The van der Waals surface area contributed by atoms with E-state index in [1.165, 1.54) is 12.3 Å². The number of halogens is 1. The van der Waals surface area contributed by atoms with Gasteiger partial charge in [0.05, 0.1) is 16.6 Å². The number of nitrogens with one attached hydrogen (secondary N) is 1. The first-order chi connectivity index (χ1) is 9.58. The lowest BCUT2D eigenvalue weighted by Crippen LogP contribution is -1.97. The molecule has 100 valence electrons. The molecule has 0 fully saturated rings. The molecule has 0 aliphatic heterocycles. The second kappa shape index (κ2) is 4.41. The van der Waals surface area contributed by atoms with Crippen LogP contribution in [-0.4, -0.2) is 26.0 Å². The van der Waals surface area contributed by atoms with Gasteiger partial charge in [-0.25, -0.2) is 19.2 Å². The fourth-order valence-electron chi connectivity index (χ4n) is 2.05. The minimum atomic E-state index is -1.09. The number of rotatable bonds is 2. The Bertz CT molecular complexity index is 826. The second-order valence-corrected chi connectivity index (χ2v) is 4.38. The topological polar surface area (TPSA) is 78.9 Å². The Morgan fingerprint density at radius 2 is 2.15 bits per heavy atom. The van der Waals surface area contributed by atoms with E-state index >= 15 is 0 Å². The molecule has 3 aromatic rings. The summed E-state index contributed by atoms with van der Waals surface area (Å²) >= 11 is 0. The van der Waals surface area contributed by atoms with Crippen LogP contribution in [0, 0.1) is 12.7 Å². The number of fused-ring (bicyclic) bond motifs is 1. The van der Waals surface area contributed by atoms with E-state index < -0.39 is 5.97 Å². The van der Waals surface area contributed by atoms with Crippen LogP contribution in [0.2, 0.25) is 0 Å². The highest BCUT2D eigenvalue weighted by Crippen LogP contribution is 2.25. The van der Waals surface area contributed by atoms with E-state index in [9.17, 15) is 9.18 Å². The van der Waals surface area contributed by atoms with Gasteiger partial charge in [0.1, 0.15) is 11.6 Å². The van der Waals surface area contributed by atoms with Crippen molar-refractivity contribution in [1.29, 1.82) is 0 Å². The molecule has 0 radical (unpaired) electrons. The Labute approximate surface area is 113 Å². The van der Waals surface area contributed by atoms with Gasteiger partial charge in [-0.1, -0.05) is 12.1 Å². The molecule has 0 saturated heterocycles. The van der Waals surface area contributed by atoms with Gasteiger partial charge in [0.25, 0.3) is 0 Å². The smallest absolute Gasteiger partial charge is 0.338 e. The number of nitrogens with zero attached hydrogens (tertiary/aromatic N) is 2. The summed E-state index contributed by atoms with van der Waals surface area (Å²) in [5, 5.41) is 9.11. The van der Waals surface area contributed by atoms with Crippen LogP contribution in [0.1, 0.15) is 15.9 Å². The molecule has 0 spiro atoms. The molecule has 0 bridgehead atoms. The van der Waals surface area contributed by atoms with Crippen molar-refractivity contribution in [1.82, 2.24) is 15.0 Å². The van der Waals surface area contributed by atoms with Crippen molar-refractivity contribution < 1.29 is 14.3 Å². The number of pyridine rings is 1. The van der Waals surface area contributed by atoms with Crippen molar-refractivity contribution in [3.63, 3.8) is 0 Å². The van der Waals surface area contributed by atoms with E-state index in [-0.39, 0.29) is 28.4 Å². The Kier molecular flexibility index (Phi) is 2.71. The molecule has 3 rings (SSSR count). The quantitative estimate of drug-likeness (QED) is 0.751. The molecule has 2 N–H and O–H groups in total. The number of hydrogen-bond donors (Lipinski definition) is 2. The van der Waals surface area contributed by atoms with Gasteiger partial charge in [-0.15, -0.1) is 0 Å². The van der Waals surface area contributed by atoms with Crippen LogP contribution in [0.4, 0.5) is 4.39 Å². The van der Waals surface area contributed by atoms with E-state index in [0.29, 0.717) is 11.1 Å². The number of aromatic nitrogens is 3. The highest BCUT2D eigenvalue weighted by Gasteiger charge is 2.16. The average molecular weight is 271 g/mol. The second-order valence-electron chi connectivity index (χ2n) is 4.38. The summed E-state index contributed by atoms with van der Waals surface area (Å²) in [5.74, 6) is -1.21. The number of benzene rings is 1. The summed E-state index contributed by atoms with van der Waals surface area (Å²) < 4.78 is 14.1. The molecular formula is C14H10FN3O2. The molecule has 1 aromatic carbocycles. The largest absolute Gasteiger partial charge is 0.478 e. The zero-order chi connectivity index (χ0) is 14.3. The van der Waals surface area contributed by atoms with Gasteiger partial charge in [0.15, 0.2) is 5.65 Å². The SMILES string of the molecule is Cc1cccc(-c2nc3nccc(C(=O)O)c3[nH]2)c1F. The number of H-pyrrole nitrogens is 1. The molecule has 0 unspecified atom stereocenters. The number of hydrogen-bond acceptors (Lipinski definition) is 3. The Morgan fingerprint density at radius 3 is 2.90 bits per heavy atom. The van der Waals surface area contributed by atoms with E-state index in [4.69, 9.17) is 5.11 Å². The van der Waals surface area contributed by atoms with Crippen LogP contribution >= 0.6 is 0 Å². The Morgan fingerprint density at radius 1 is 1.35 bits per heavy atom. The predicted octanol–water partition coefficient (Wildman–Crippen LogP) is 2.77. The Balaban J connectivity index is 2.26. The molecule has 0 saturated carbocycles. The molecule has 2 aromatic heterocycles. The van der Waals surface area contributed by atoms with Crippen LogP contribution in [0.15, 0.2) is 30.5 Å². The third kappa shape index (κ3) is 1.82. The first kappa shape index (κ1) is 12.3. The molecule has 20 heavy (non-hydrogen) atoms. The third-order valence-electron chi connectivity index (χ3n) is 3.07. The first-order valence-corrected chi connectivity index (χ1v) is 5.91. The summed E-state index contributed by atoms with van der Waals surface area (Å²) in [4.78, 5) is 22.1. The number of aromatic carboxylic acids is 1. The summed E-state index contributed by atoms with van der Waals surface area (Å²) in [6.45, 7) is 1.66. The predicted molar refractivity (Wildman–Crippen MR) is 71.0 cm³/mol. The summed E-state index contributed by atoms with van der Waals surface area (Å²) in [5.41, 5.74) is 1.38. The van der Waals surface area contributed by atoms with Gasteiger partial charge < -0.3 is 10.1 Å². The number of aromatic amines is 1. The first-order valence-electron chi connectivity index (χ1n) is 5.91. The normalized spacial score (nSPS) is 10.9. The van der Waals surface area contributed by atoms with E-state index in [2.05, 4.69) is 15.0 Å². The maximum Gasteiger partial charge on any atom is 0.338 e. The van der Waals surface area contributed by atoms with Crippen LogP contribution in [0.25, 0.3) is 22.6 Å². The number of carboxylic acids is 1. The standard InChI is InChI=1S/C14H10FN3O2/c1-7-3-2-4-8(10(7)15)12-17-11-9(14(19)20)5-6-16-13(11)18-12/h2-6H,1H3,(H,19,20)(H,16,17,18). The van der Waals surface area contributed by atoms with Crippen LogP contribution < -0.4 is 0 Å². The average Bonchev–Trinajstić information content (AvgIpc) is 2.84. The third-order valence-corrected chi connectivity index (χ3v) is 3.07. The lowest BCUT2D eigenvalue weighted by molar-refractivity contribution is 0.0698.